The van der Waals surface area contributed by atoms with Crippen molar-refractivity contribution in [3.8, 4) is 11.5 Å². The van der Waals surface area contributed by atoms with Gasteiger partial charge in [0.25, 0.3) is 0 Å². The van der Waals surface area contributed by atoms with E-state index in [2.05, 4.69) is 9.47 Å². The van der Waals surface area contributed by atoms with Gasteiger partial charge in [-0.1, -0.05) is 23.2 Å². The lowest BCUT2D eigenvalue weighted by Gasteiger charge is -2.11. The van der Waals surface area contributed by atoms with Gasteiger partial charge in [0.1, 0.15) is 10.8 Å². The van der Waals surface area contributed by atoms with Crippen LogP contribution >= 0.6 is 23.2 Å². The molecule has 0 N–H and O–H groups in total. The summed E-state index contributed by atoms with van der Waals surface area (Å²) in [7, 11) is 0. The minimum atomic E-state index is -3.03. The van der Waals surface area contributed by atoms with Gasteiger partial charge in [0.15, 0.2) is 5.75 Å². The quantitative estimate of drug-likeness (QED) is 0.818. The number of hydrogen-bond acceptors (Lipinski definition) is 2. The molecule has 0 saturated heterocycles. The molecule has 0 spiro atoms. The van der Waals surface area contributed by atoms with Crippen molar-refractivity contribution < 1.29 is 22.6 Å². The molecule has 0 atom stereocenters. The zero-order valence-corrected chi connectivity index (χ0v) is 8.66. The first-order valence-corrected chi connectivity index (χ1v) is 4.43. The summed E-state index contributed by atoms with van der Waals surface area (Å²) in [6.07, 6.45) is 0. The topological polar surface area (TPSA) is 18.5 Å². The average Bonchev–Trinajstić information content (AvgIpc) is 2.16. The highest BCUT2D eigenvalue weighted by Crippen LogP contribution is 2.40. The molecule has 0 aliphatic carbocycles. The van der Waals surface area contributed by atoms with Gasteiger partial charge in [-0.3, -0.25) is 0 Å². The molecule has 1 aromatic carbocycles. The average molecular weight is 261 g/mol. The maximum atomic E-state index is 11.9. The van der Waals surface area contributed by atoms with Crippen LogP contribution in [0, 0.1) is 0 Å². The molecule has 1 rings (SSSR count). The Morgan fingerprint density at radius 3 is 2.47 bits per heavy atom. The Morgan fingerprint density at radius 2 is 1.93 bits per heavy atom. The summed E-state index contributed by atoms with van der Waals surface area (Å²) < 4.78 is 44.2. The van der Waals surface area contributed by atoms with Gasteiger partial charge in [0.2, 0.25) is 6.86 Å². The molecular formula is C8H5Cl2F3O2. The van der Waals surface area contributed by atoms with Gasteiger partial charge in [0.05, 0.1) is 5.02 Å². The molecule has 0 fully saturated rings. The van der Waals surface area contributed by atoms with Crippen LogP contribution < -0.4 is 9.47 Å². The number of halogens is 5. The second-order valence-electron chi connectivity index (χ2n) is 2.32. The fourth-order valence-electron chi connectivity index (χ4n) is 0.888. The van der Waals surface area contributed by atoms with Crippen LogP contribution in [0.5, 0.6) is 11.5 Å². The highest BCUT2D eigenvalue weighted by Gasteiger charge is 2.15. The van der Waals surface area contributed by atoms with Crippen LogP contribution in [0.4, 0.5) is 13.2 Å². The van der Waals surface area contributed by atoms with Crippen molar-refractivity contribution >= 4 is 23.2 Å². The van der Waals surface area contributed by atoms with Crippen molar-refractivity contribution in [2.75, 3.05) is 6.86 Å². The Balaban J connectivity index is 3.04. The van der Waals surface area contributed by atoms with E-state index in [4.69, 9.17) is 23.2 Å². The van der Waals surface area contributed by atoms with Gasteiger partial charge >= 0.3 is 6.61 Å². The predicted octanol–water partition coefficient (Wildman–Crippen LogP) is 3.90. The van der Waals surface area contributed by atoms with Gasteiger partial charge < -0.3 is 9.47 Å². The van der Waals surface area contributed by atoms with Crippen molar-refractivity contribution in [1.29, 1.82) is 0 Å². The smallest absolute Gasteiger partial charge is 0.387 e. The first kappa shape index (κ1) is 12.3. The lowest BCUT2D eigenvalue weighted by atomic mass is 10.3. The van der Waals surface area contributed by atoms with E-state index >= 15 is 0 Å². The third-order valence-electron chi connectivity index (χ3n) is 1.43. The lowest BCUT2D eigenvalue weighted by molar-refractivity contribution is -0.0499. The van der Waals surface area contributed by atoms with E-state index in [1.54, 1.807) is 0 Å². The molecule has 0 radical (unpaired) electrons. The SMILES string of the molecule is FCOc1c(Cl)ccc(OC(F)F)c1Cl. The Morgan fingerprint density at radius 1 is 1.27 bits per heavy atom. The van der Waals surface area contributed by atoms with E-state index < -0.39 is 13.5 Å². The molecule has 7 heteroatoms. The molecule has 0 aliphatic rings. The molecule has 0 heterocycles. The Labute approximate surface area is 93.5 Å². The molecule has 2 nitrogen and oxygen atoms in total. The van der Waals surface area contributed by atoms with Crippen molar-refractivity contribution in [2.45, 2.75) is 6.61 Å². The van der Waals surface area contributed by atoms with Gasteiger partial charge in [-0.25, -0.2) is 4.39 Å². The summed E-state index contributed by atoms with van der Waals surface area (Å²) in [6, 6.07) is 2.36. The number of rotatable bonds is 4. The van der Waals surface area contributed by atoms with Crippen LogP contribution in [0.25, 0.3) is 0 Å². The summed E-state index contributed by atoms with van der Waals surface area (Å²) in [4.78, 5) is 0. The van der Waals surface area contributed by atoms with E-state index in [-0.39, 0.29) is 21.5 Å². The fourth-order valence-corrected chi connectivity index (χ4v) is 1.41. The summed E-state index contributed by atoms with van der Waals surface area (Å²) in [5.74, 6) is -0.543. The monoisotopic (exact) mass is 260 g/mol. The zero-order valence-electron chi connectivity index (χ0n) is 7.15. The van der Waals surface area contributed by atoms with Crippen molar-refractivity contribution in [1.82, 2.24) is 0 Å². The summed E-state index contributed by atoms with van der Waals surface area (Å²) >= 11 is 11.2. The number of ether oxygens (including phenoxy) is 2. The van der Waals surface area contributed by atoms with Crippen LogP contribution in [0.15, 0.2) is 12.1 Å². The Hall–Kier alpha value is -0.810. The van der Waals surface area contributed by atoms with Crippen LogP contribution in [-0.4, -0.2) is 13.5 Å². The van der Waals surface area contributed by atoms with Crippen LogP contribution in [-0.2, 0) is 0 Å². The molecular weight excluding hydrogens is 256 g/mol. The zero-order chi connectivity index (χ0) is 11.4. The highest BCUT2D eigenvalue weighted by molar-refractivity contribution is 6.38. The summed E-state index contributed by atoms with van der Waals surface area (Å²) in [6.45, 7) is -4.20. The second kappa shape index (κ2) is 5.32. The molecule has 0 saturated carbocycles. The van der Waals surface area contributed by atoms with E-state index in [0.717, 1.165) is 6.07 Å². The van der Waals surface area contributed by atoms with Gasteiger partial charge in [0, 0.05) is 0 Å². The molecule has 0 aliphatic heterocycles. The van der Waals surface area contributed by atoms with Crippen molar-refractivity contribution in [3.05, 3.63) is 22.2 Å². The van der Waals surface area contributed by atoms with E-state index in [0.29, 0.717) is 0 Å². The normalized spacial score (nSPS) is 10.5. The standard InChI is InChI=1S/C8H5Cl2F3O2/c9-4-1-2-5(15-8(12)13)6(10)7(4)14-3-11/h1-2,8H,3H2. The Kier molecular flexibility index (Phi) is 4.35. The predicted molar refractivity (Wildman–Crippen MR) is 49.7 cm³/mol. The van der Waals surface area contributed by atoms with Crippen molar-refractivity contribution in [2.24, 2.45) is 0 Å². The molecule has 15 heavy (non-hydrogen) atoms. The number of benzene rings is 1. The van der Waals surface area contributed by atoms with Crippen LogP contribution in [0.1, 0.15) is 0 Å². The minimum Gasteiger partial charge on any atom is -0.460 e. The maximum absolute atomic E-state index is 11.9. The van der Waals surface area contributed by atoms with Crippen LogP contribution in [0.3, 0.4) is 0 Å². The minimum absolute atomic E-state index is 0.0132. The third-order valence-corrected chi connectivity index (χ3v) is 2.08. The lowest BCUT2D eigenvalue weighted by Crippen LogP contribution is -2.03. The molecule has 84 valence electrons. The van der Waals surface area contributed by atoms with E-state index in [1.165, 1.54) is 6.07 Å². The highest BCUT2D eigenvalue weighted by atomic mass is 35.5. The summed E-state index contributed by atoms with van der Waals surface area (Å²) in [5.41, 5.74) is 0. The number of hydrogen-bond donors (Lipinski definition) is 0. The molecule has 0 aromatic heterocycles. The third kappa shape index (κ3) is 3.07. The van der Waals surface area contributed by atoms with Crippen LogP contribution in [0.2, 0.25) is 10.0 Å². The molecule has 1 aromatic rings. The first-order valence-electron chi connectivity index (χ1n) is 3.67. The van der Waals surface area contributed by atoms with E-state index in [1.807, 2.05) is 0 Å². The van der Waals surface area contributed by atoms with Gasteiger partial charge in [-0.2, -0.15) is 8.78 Å². The molecule has 0 bridgehead atoms. The number of alkyl halides is 3. The maximum Gasteiger partial charge on any atom is 0.387 e. The van der Waals surface area contributed by atoms with Gasteiger partial charge in [-0.05, 0) is 12.1 Å². The second-order valence-corrected chi connectivity index (χ2v) is 3.11. The fraction of sp³-hybridized carbons (Fsp3) is 0.250. The van der Waals surface area contributed by atoms with Crippen molar-refractivity contribution in [3.63, 3.8) is 0 Å². The molecule has 0 amide bonds. The molecule has 0 unspecified atom stereocenters. The largest absolute Gasteiger partial charge is 0.460 e. The van der Waals surface area contributed by atoms with Gasteiger partial charge in [-0.15, -0.1) is 0 Å². The van der Waals surface area contributed by atoms with E-state index in [9.17, 15) is 13.2 Å². The first-order chi connectivity index (χ1) is 7.06. The Bertz CT molecular complexity index is 347. The summed E-state index contributed by atoms with van der Waals surface area (Å²) in [5, 5.41) is -0.278.